The zero-order valence-corrected chi connectivity index (χ0v) is 11.6. The van der Waals surface area contributed by atoms with Crippen LogP contribution in [0.5, 0.6) is 0 Å². The molecule has 1 aliphatic rings. The maximum Gasteiger partial charge on any atom is 0.338 e. The van der Waals surface area contributed by atoms with Crippen LogP contribution in [0, 0.1) is 5.82 Å². The van der Waals surface area contributed by atoms with Gasteiger partial charge in [0.25, 0.3) is 0 Å². The van der Waals surface area contributed by atoms with Gasteiger partial charge in [0.1, 0.15) is 5.82 Å². The van der Waals surface area contributed by atoms with Crippen molar-refractivity contribution in [2.45, 2.75) is 17.9 Å². The lowest BCUT2D eigenvalue weighted by Gasteiger charge is -2.32. The first-order valence-corrected chi connectivity index (χ1v) is 7.40. The average Bonchev–Trinajstić information content (AvgIpc) is 2.38. The van der Waals surface area contributed by atoms with E-state index in [-0.39, 0.29) is 30.7 Å². The van der Waals surface area contributed by atoms with Gasteiger partial charge in [-0.1, -0.05) is 0 Å². The summed E-state index contributed by atoms with van der Waals surface area (Å²) in [5.41, 5.74) is -0.660. The van der Waals surface area contributed by atoms with Crippen LogP contribution in [0.25, 0.3) is 0 Å². The van der Waals surface area contributed by atoms with Crippen molar-refractivity contribution in [1.29, 1.82) is 0 Å². The molecule has 0 unspecified atom stereocenters. The van der Waals surface area contributed by atoms with Crippen LogP contribution in [0.15, 0.2) is 23.1 Å². The second-order valence-electron chi connectivity index (χ2n) is 4.49. The number of carbonyl (C=O) groups is 1. The van der Waals surface area contributed by atoms with Crippen LogP contribution in [-0.2, 0) is 14.8 Å². The maximum atomic E-state index is 13.3. The lowest BCUT2D eigenvalue weighted by atomic mass is 10.2. The summed E-state index contributed by atoms with van der Waals surface area (Å²) < 4.78 is 44.6. The van der Waals surface area contributed by atoms with Gasteiger partial charge >= 0.3 is 5.97 Å². The molecule has 0 radical (unpaired) electrons. The molecule has 0 bridgehead atoms. The largest absolute Gasteiger partial charge is 0.478 e. The number of halogens is 1. The van der Waals surface area contributed by atoms with Crippen LogP contribution >= 0.6 is 0 Å². The van der Waals surface area contributed by atoms with Crippen LogP contribution < -0.4 is 0 Å². The Kier molecular flexibility index (Phi) is 4.07. The number of hydrogen-bond donors (Lipinski definition) is 1. The third kappa shape index (κ3) is 2.67. The summed E-state index contributed by atoms with van der Waals surface area (Å²) in [6.07, 6.45) is 0. The van der Waals surface area contributed by atoms with Crippen LogP contribution in [0.1, 0.15) is 17.3 Å². The highest BCUT2D eigenvalue weighted by atomic mass is 32.2. The van der Waals surface area contributed by atoms with E-state index in [1.807, 2.05) is 0 Å². The van der Waals surface area contributed by atoms with Crippen molar-refractivity contribution in [2.75, 3.05) is 19.8 Å². The third-order valence-corrected chi connectivity index (χ3v) is 5.09. The number of morpholine rings is 1. The Labute approximate surface area is 115 Å². The van der Waals surface area contributed by atoms with E-state index >= 15 is 0 Å². The van der Waals surface area contributed by atoms with E-state index in [1.54, 1.807) is 6.92 Å². The lowest BCUT2D eigenvalue weighted by Crippen LogP contribution is -2.46. The van der Waals surface area contributed by atoms with E-state index in [0.717, 1.165) is 18.2 Å². The number of nitrogens with zero attached hydrogens (tertiary/aromatic N) is 1. The van der Waals surface area contributed by atoms with E-state index in [0.29, 0.717) is 0 Å². The SMILES string of the molecule is C[C@@H]1COCCN1S(=O)(=O)c1ccc(F)c(C(=O)O)c1. The van der Waals surface area contributed by atoms with Gasteiger partial charge in [0.2, 0.25) is 10.0 Å². The highest BCUT2D eigenvalue weighted by Gasteiger charge is 2.32. The number of carboxylic acid groups (broad SMARTS) is 1. The van der Waals surface area contributed by atoms with E-state index in [4.69, 9.17) is 9.84 Å². The first kappa shape index (κ1) is 14.9. The minimum atomic E-state index is -3.86. The zero-order valence-electron chi connectivity index (χ0n) is 10.7. The molecule has 1 fully saturated rings. The molecular formula is C12H14FNO5S. The van der Waals surface area contributed by atoms with Gasteiger partial charge in [-0.05, 0) is 25.1 Å². The Bertz CT molecular complexity index is 631. The second-order valence-corrected chi connectivity index (χ2v) is 6.38. The molecule has 2 rings (SSSR count). The molecule has 1 aromatic rings. The summed E-state index contributed by atoms with van der Waals surface area (Å²) in [4.78, 5) is 10.6. The number of hydrogen-bond acceptors (Lipinski definition) is 4. The Hall–Kier alpha value is -1.51. The first-order chi connectivity index (χ1) is 9.34. The molecule has 0 amide bonds. The van der Waals surface area contributed by atoms with Gasteiger partial charge in [0.15, 0.2) is 0 Å². The van der Waals surface area contributed by atoms with Crippen LogP contribution in [-0.4, -0.2) is 49.6 Å². The quantitative estimate of drug-likeness (QED) is 0.898. The number of rotatable bonds is 3. The minimum Gasteiger partial charge on any atom is -0.478 e. The predicted molar refractivity (Wildman–Crippen MR) is 67.5 cm³/mol. The van der Waals surface area contributed by atoms with Crippen molar-refractivity contribution in [3.8, 4) is 0 Å². The van der Waals surface area contributed by atoms with E-state index < -0.39 is 27.4 Å². The summed E-state index contributed by atoms with van der Waals surface area (Å²) >= 11 is 0. The molecule has 1 aliphatic heterocycles. The highest BCUT2D eigenvalue weighted by molar-refractivity contribution is 7.89. The van der Waals surface area contributed by atoms with Gasteiger partial charge < -0.3 is 9.84 Å². The summed E-state index contributed by atoms with van der Waals surface area (Å²) in [6.45, 7) is 2.42. The molecule has 1 heterocycles. The summed E-state index contributed by atoms with van der Waals surface area (Å²) in [5.74, 6) is -2.47. The Morgan fingerprint density at radius 2 is 2.20 bits per heavy atom. The standard InChI is InChI=1S/C12H14FNO5S/c1-8-7-19-5-4-14(8)20(17,18)9-2-3-11(13)10(6-9)12(15)16/h2-3,6,8H,4-5,7H2,1H3,(H,15,16)/t8-/m1/s1. The Balaban J connectivity index is 2.44. The molecule has 6 nitrogen and oxygen atoms in total. The first-order valence-electron chi connectivity index (χ1n) is 5.96. The van der Waals surface area contributed by atoms with Crippen molar-refractivity contribution in [1.82, 2.24) is 4.31 Å². The molecule has 0 aliphatic carbocycles. The molecule has 1 saturated heterocycles. The number of carboxylic acids is 1. The fraction of sp³-hybridized carbons (Fsp3) is 0.417. The topological polar surface area (TPSA) is 83.9 Å². The summed E-state index contributed by atoms with van der Waals surface area (Å²) in [5, 5.41) is 8.85. The van der Waals surface area contributed by atoms with E-state index in [1.165, 1.54) is 4.31 Å². The van der Waals surface area contributed by atoms with Gasteiger partial charge in [-0.15, -0.1) is 0 Å². The third-order valence-electron chi connectivity index (χ3n) is 3.08. The number of aromatic carboxylic acids is 1. The highest BCUT2D eigenvalue weighted by Crippen LogP contribution is 2.22. The van der Waals surface area contributed by atoms with E-state index in [2.05, 4.69) is 0 Å². The van der Waals surface area contributed by atoms with Crippen LogP contribution in [0.2, 0.25) is 0 Å². The second kappa shape index (κ2) is 5.47. The predicted octanol–water partition coefficient (Wildman–Crippen LogP) is 0.933. The maximum absolute atomic E-state index is 13.3. The minimum absolute atomic E-state index is 0.184. The lowest BCUT2D eigenvalue weighted by molar-refractivity contribution is 0.0392. The Morgan fingerprint density at radius 3 is 2.80 bits per heavy atom. The number of ether oxygens (including phenoxy) is 1. The van der Waals surface area contributed by atoms with Crippen molar-refractivity contribution in [3.05, 3.63) is 29.6 Å². The monoisotopic (exact) mass is 303 g/mol. The molecular weight excluding hydrogens is 289 g/mol. The zero-order chi connectivity index (χ0) is 14.9. The van der Waals surface area contributed by atoms with Crippen molar-refractivity contribution in [2.24, 2.45) is 0 Å². The normalized spacial score (nSPS) is 20.8. The van der Waals surface area contributed by atoms with E-state index in [9.17, 15) is 17.6 Å². The molecule has 0 aromatic heterocycles. The molecule has 110 valence electrons. The van der Waals surface area contributed by atoms with Crippen LogP contribution in [0.4, 0.5) is 4.39 Å². The molecule has 0 spiro atoms. The average molecular weight is 303 g/mol. The summed E-state index contributed by atoms with van der Waals surface area (Å²) in [6, 6.07) is 2.41. The van der Waals surface area contributed by atoms with Gasteiger partial charge in [-0.3, -0.25) is 0 Å². The fourth-order valence-corrected chi connectivity index (χ4v) is 3.66. The summed E-state index contributed by atoms with van der Waals surface area (Å²) in [7, 11) is -3.86. The Morgan fingerprint density at radius 1 is 1.50 bits per heavy atom. The van der Waals surface area contributed by atoms with Gasteiger partial charge in [-0.2, -0.15) is 4.31 Å². The number of sulfonamides is 1. The number of benzene rings is 1. The molecule has 0 saturated carbocycles. The van der Waals surface area contributed by atoms with Gasteiger partial charge in [0, 0.05) is 12.6 Å². The molecule has 1 atom stereocenters. The smallest absolute Gasteiger partial charge is 0.338 e. The molecule has 8 heteroatoms. The molecule has 1 N–H and O–H groups in total. The van der Waals surface area contributed by atoms with Crippen LogP contribution in [0.3, 0.4) is 0 Å². The van der Waals surface area contributed by atoms with Gasteiger partial charge in [-0.25, -0.2) is 17.6 Å². The van der Waals surface area contributed by atoms with Crippen molar-refractivity contribution < 1.29 is 27.4 Å². The molecule has 20 heavy (non-hydrogen) atoms. The molecule has 1 aromatic carbocycles. The van der Waals surface area contributed by atoms with Crippen molar-refractivity contribution >= 4 is 16.0 Å². The van der Waals surface area contributed by atoms with Crippen molar-refractivity contribution in [3.63, 3.8) is 0 Å². The van der Waals surface area contributed by atoms with Gasteiger partial charge in [0.05, 0.1) is 23.7 Å². The fourth-order valence-electron chi connectivity index (χ4n) is 2.03.